The van der Waals surface area contributed by atoms with Gasteiger partial charge in [-0.3, -0.25) is 14.9 Å². The van der Waals surface area contributed by atoms with E-state index in [1.165, 1.54) is 12.1 Å². The summed E-state index contributed by atoms with van der Waals surface area (Å²) in [6, 6.07) is 9.81. The molecule has 2 aromatic rings. The first kappa shape index (κ1) is 14.1. The molecule has 0 atom stereocenters. The fourth-order valence-electron chi connectivity index (χ4n) is 2.04. The number of nitrogens with two attached hydrogens (primary N) is 1. The van der Waals surface area contributed by atoms with Crippen LogP contribution in [0.2, 0.25) is 0 Å². The predicted molar refractivity (Wildman–Crippen MR) is 84.6 cm³/mol. The van der Waals surface area contributed by atoms with Crippen LogP contribution < -0.4 is 5.73 Å². The average Bonchev–Trinajstić information content (AvgIpc) is 3.06. The maximum atomic E-state index is 11.6. The SMILES string of the molecule is NC1=NC(=O)/C(=C/c2cccn2-c2ccc([N+](=O)[O-])cc2)S1. The van der Waals surface area contributed by atoms with Gasteiger partial charge in [0.1, 0.15) is 0 Å². The lowest BCUT2D eigenvalue weighted by atomic mass is 10.2. The van der Waals surface area contributed by atoms with Crippen molar-refractivity contribution in [3.8, 4) is 5.69 Å². The molecule has 0 spiro atoms. The van der Waals surface area contributed by atoms with Gasteiger partial charge < -0.3 is 10.3 Å². The molecule has 0 unspecified atom stereocenters. The molecule has 1 aliphatic rings. The van der Waals surface area contributed by atoms with Crippen molar-refractivity contribution >= 4 is 34.6 Å². The van der Waals surface area contributed by atoms with Crippen LogP contribution in [0, 0.1) is 10.1 Å². The highest BCUT2D eigenvalue weighted by molar-refractivity contribution is 8.18. The number of carbonyl (C=O) groups excluding carboxylic acids is 1. The Labute approximate surface area is 129 Å². The van der Waals surface area contributed by atoms with E-state index in [9.17, 15) is 14.9 Å². The van der Waals surface area contributed by atoms with Crippen LogP contribution in [0.3, 0.4) is 0 Å². The molecule has 2 N–H and O–H groups in total. The van der Waals surface area contributed by atoms with E-state index in [0.717, 1.165) is 23.1 Å². The number of rotatable bonds is 3. The number of aliphatic imine (C=N–C) groups is 1. The number of hydrogen-bond donors (Lipinski definition) is 1. The van der Waals surface area contributed by atoms with Crippen LogP contribution in [0.4, 0.5) is 5.69 Å². The zero-order chi connectivity index (χ0) is 15.7. The van der Waals surface area contributed by atoms with E-state index in [-0.39, 0.29) is 16.8 Å². The van der Waals surface area contributed by atoms with Gasteiger partial charge in [0.2, 0.25) is 0 Å². The molecule has 22 heavy (non-hydrogen) atoms. The Hall–Kier alpha value is -2.87. The number of carbonyl (C=O) groups is 1. The minimum atomic E-state index is -0.448. The molecule has 3 rings (SSSR count). The molecule has 1 aliphatic heterocycles. The van der Waals surface area contributed by atoms with E-state index in [2.05, 4.69) is 4.99 Å². The summed E-state index contributed by atoms with van der Waals surface area (Å²) in [6.45, 7) is 0. The molecule has 0 saturated carbocycles. The molecule has 1 aromatic carbocycles. The van der Waals surface area contributed by atoms with Crippen LogP contribution in [0.1, 0.15) is 5.69 Å². The third-order valence-electron chi connectivity index (χ3n) is 3.04. The van der Waals surface area contributed by atoms with Gasteiger partial charge in [0.05, 0.1) is 9.83 Å². The summed E-state index contributed by atoms with van der Waals surface area (Å²) in [4.78, 5) is 26.0. The van der Waals surface area contributed by atoms with Crippen LogP contribution >= 0.6 is 11.8 Å². The fourth-order valence-corrected chi connectivity index (χ4v) is 2.71. The van der Waals surface area contributed by atoms with Gasteiger partial charge in [0, 0.05) is 29.7 Å². The molecular weight excluding hydrogens is 304 g/mol. The minimum absolute atomic E-state index is 0.0264. The number of amidine groups is 1. The summed E-state index contributed by atoms with van der Waals surface area (Å²) < 4.78 is 1.82. The molecule has 1 amide bonds. The standard InChI is InChI=1S/C14H10N4O3S/c15-14-16-13(19)12(22-14)8-11-2-1-7-17(11)9-3-5-10(6-4-9)18(20)21/h1-8H,(H2,15,16,19)/b12-8-. The number of amides is 1. The van der Waals surface area contributed by atoms with Crippen molar-refractivity contribution in [2.75, 3.05) is 0 Å². The summed E-state index contributed by atoms with van der Waals surface area (Å²) in [5, 5.41) is 10.9. The number of aromatic nitrogens is 1. The lowest BCUT2D eigenvalue weighted by Crippen LogP contribution is -2.01. The van der Waals surface area contributed by atoms with Gasteiger partial charge in [-0.2, -0.15) is 4.99 Å². The molecule has 8 heteroatoms. The Bertz CT molecular complexity index is 821. The monoisotopic (exact) mass is 314 g/mol. The smallest absolute Gasteiger partial charge is 0.286 e. The van der Waals surface area contributed by atoms with E-state index in [0.29, 0.717) is 4.91 Å². The van der Waals surface area contributed by atoms with Crippen LogP contribution in [0.25, 0.3) is 11.8 Å². The van der Waals surface area contributed by atoms with Crippen LogP contribution in [0.15, 0.2) is 52.5 Å². The van der Waals surface area contributed by atoms with Gasteiger partial charge >= 0.3 is 0 Å². The van der Waals surface area contributed by atoms with Crippen molar-refractivity contribution in [3.63, 3.8) is 0 Å². The highest BCUT2D eigenvalue weighted by Gasteiger charge is 2.20. The molecule has 0 aliphatic carbocycles. The van der Waals surface area contributed by atoms with Gasteiger partial charge in [-0.05, 0) is 42.1 Å². The normalized spacial score (nSPS) is 16.1. The van der Waals surface area contributed by atoms with Crippen molar-refractivity contribution in [2.45, 2.75) is 0 Å². The van der Waals surface area contributed by atoms with Crippen molar-refractivity contribution in [1.29, 1.82) is 0 Å². The number of nitro groups is 1. The number of hydrogen-bond acceptors (Lipinski definition) is 5. The molecule has 7 nitrogen and oxygen atoms in total. The lowest BCUT2D eigenvalue weighted by molar-refractivity contribution is -0.384. The molecule has 0 fully saturated rings. The first-order chi connectivity index (χ1) is 10.5. The first-order valence-corrected chi connectivity index (χ1v) is 7.06. The van der Waals surface area contributed by atoms with E-state index < -0.39 is 4.92 Å². The molecule has 1 aromatic heterocycles. The van der Waals surface area contributed by atoms with Gasteiger partial charge in [-0.15, -0.1) is 0 Å². The number of nitro benzene ring substituents is 1. The molecule has 2 heterocycles. The Morgan fingerprint density at radius 1 is 1.27 bits per heavy atom. The topological polar surface area (TPSA) is 104 Å². The molecule has 0 saturated heterocycles. The third kappa shape index (κ3) is 2.63. The van der Waals surface area contributed by atoms with Gasteiger partial charge in [-0.25, -0.2) is 0 Å². The van der Waals surface area contributed by atoms with Crippen molar-refractivity contribution in [3.05, 3.63) is 63.3 Å². The van der Waals surface area contributed by atoms with Crippen LogP contribution in [0.5, 0.6) is 0 Å². The van der Waals surface area contributed by atoms with Crippen LogP contribution in [-0.2, 0) is 4.79 Å². The Morgan fingerprint density at radius 3 is 2.59 bits per heavy atom. The van der Waals surface area contributed by atoms with Gasteiger partial charge in [0.25, 0.3) is 11.6 Å². The number of nitrogens with zero attached hydrogens (tertiary/aromatic N) is 3. The highest BCUT2D eigenvalue weighted by Crippen LogP contribution is 2.27. The third-order valence-corrected chi connectivity index (χ3v) is 3.85. The quantitative estimate of drug-likeness (QED) is 0.532. The summed E-state index contributed by atoms with van der Waals surface area (Å²) >= 11 is 1.12. The van der Waals surface area contributed by atoms with E-state index in [4.69, 9.17) is 5.73 Å². The van der Waals surface area contributed by atoms with Gasteiger partial charge in [0.15, 0.2) is 5.17 Å². The second kappa shape index (κ2) is 5.49. The Balaban J connectivity index is 1.94. The summed E-state index contributed by atoms with van der Waals surface area (Å²) in [6.07, 6.45) is 3.50. The van der Waals surface area contributed by atoms with E-state index in [1.54, 1.807) is 18.2 Å². The highest BCUT2D eigenvalue weighted by atomic mass is 32.2. The maximum absolute atomic E-state index is 11.6. The molecular formula is C14H10N4O3S. The fraction of sp³-hybridized carbons (Fsp3) is 0. The number of non-ortho nitro benzene ring substituents is 1. The molecule has 110 valence electrons. The Kier molecular flexibility index (Phi) is 3.51. The molecule has 0 bridgehead atoms. The maximum Gasteiger partial charge on any atom is 0.286 e. The van der Waals surface area contributed by atoms with Crippen molar-refractivity contribution < 1.29 is 9.72 Å². The van der Waals surface area contributed by atoms with Crippen molar-refractivity contribution in [2.24, 2.45) is 10.7 Å². The minimum Gasteiger partial charge on any atom is -0.378 e. The van der Waals surface area contributed by atoms with E-state index >= 15 is 0 Å². The molecule has 0 radical (unpaired) electrons. The lowest BCUT2D eigenvalue weighted by Gasteiger charge is -2.06. The second-order valence-corrected chi connectivity index (χ2v) is 5.50. The van der Waals surface area contributed by atoms with Crippen LogP contribution in [-0.4, -0.2) is 20.6 Å². The average molecular weight is 314 g/mol. The Morgan fingerprint density at radius 2 is 2.00 bits per heavy atom. The first-order valence-electron chi connectivity index (χ1n) is 6.25. The predicted octanol–water partition coefficient (Wildman–Crippen LogP) is 2.31. The van der Waals surface area contributed by atoms with Crippen molar-refractivity contribution in [1.82, 2.24) is 4.57 Å². The second-order valence-electron chi connectivity index (χ2n) is 4.44. The zero-order valence-corrected chi connectivity index (χ0v) is 12.0. The number of thioether (sulfide) groups is 1. The van der Waals surface area contributed by atoms with E-state index in [1.807, 2.05) is 22.9 Å². The van der Waals surface area contributed by atoms with Gasteiger partial charge in [-0.1, -0.05) is 0 Å². The zero-order valence-electron chi connectivity index (χ0n) is 11.2. The summed E-state index contributed by atoms with van der Waals surface area (Å²) in [5.41, 5.74) is 7.06. The summed E-state index contributed by atoms with van der Waals surface area (Å²) in [5.74, 6) is -0.362. The summed E-state index contributed by atoms with van der Waals surface area (Å²) in [7, 11) is 0. The number of benzene rings is 1. The largest absolute Gasteiger partial charge is 0.378 e.